The first-order valence-electron chi connectivity index (χ1n) is 5.56. The Hall–Kier alpha value is -0.650. The molecule has 0 spiro atoms. The average Bonchev–Trinajstić information content (AvgIpc) is 2.64. The molecule has 1 saturated heterocycles. The number of methoxy groups -OCH3 is 1. The highest BCUT2D eigenvalue weighted by Gasteiger charge is 2.36. The standard InChI is InChI=1S/C11H22N2O3/c1-11(15,10(14)16-4)8-13-6-5-9(7-13)12(2)3/h9,15H,5-8H2,1-4H3. The second-order valence-electron chi connectivity index (χ2n) is 4.91. The smallest absolute Gasteiger partial charge is 0.338 e. The molecular formula is C11H22N2O3. The summed E-state index contributed by atoms with van der Waals surface area (Å²) in [7, 11) is 5.39. The maximum atomic E-state index is 11.3. The topological polar surface area (TPSA) is 53.0 Å². The highest BCUT2D eigenvalue weighted by atomic mass is 16.5. The first-order valence-corrected chi connectivity index (χ1v) is 5.56. The largest absolute Gasteiger partial charge is 0.467 e. The second-order valence-corrected chi connectivity index (χ2v) is 4.91. The van der Waals surface area contributed by atoms with Crippen LogP contribution in [0.15, 0.2) is 0 Å². The number of β-amino-alcohol motifs (C(OH)–C–C–N with tert-alkyl or cyclic N) is 1. The van der Waals surface area contributed by atoms with Crippen molar-refractivity contribution in [1.82, 2.24) is 9.80 Å². The number of ether oxygens (including phenoxy) is 1. The summed E-state index contributed by atoms with van der Waals surface area (Å²) in [6.07, 6.45) is 1.07. The Labute approximate surface area is 97.0 Å². The van der Waals surface area contributed by atoms with E-state index in [4.69, 9.17) is 0 Å². The highest BCUT2D eigenvalue weighted by Crippen LogP contribution is 2.17. The van der Waals surface area contributed by atoms with Crippen LogP contribution in [-0.2, 0) is 9.53 Å². The summed E-state index contributed by atoms with van der Waals surface area (Å²) in [5, 5.41) is 9.94. The van der Waals surface area contributed by atoms with Crippen molar-refractivity contribution in [3.05, 3.63) is 0 Å². The van der Waals surface area contributed by atoms with Crippen molar-refractivity contribution in [1.29, 1.82) is 0 Å². The van der Waals surface area contributed by atoms with E-state index in [1.807, 2.05) is 14.1 Å². The van der Waals surface area contributed by atoms with Gasteiger partial charge in [0.25, 0.3) is 0 Å². The summed E-state index contributed by atoms with van der Waals surface area (Å²) < 4.78 is 4.57. The lowest BCUT2D eigenvalue weighted by Crippen LogP contribution is -2.47. The molecule has 1 fully saturated rings. The average molecular weight is 230 g/mol. The molecule has 0 bridgehead atoms. The zero-order valence-electron chi connectivity index (χ0n) is 10.6. The Morgan fingerprint density at radius 3 is 2.69 bits per heavy atom. The lowest BCUT2D eigenvalue weighted by Gasteiger charge is -2.27. The van der Waals surface area contributed by atoms with Gasteiger partial charge in [-0.1, -0.05) is 0 Å². The summed E-state index contributed by atoms with van der Waals surface area (Å²) in [6.45, 7) is 3.64. The summed E-state index contributed by atoms with van der Waals surface area (Å²) in [4.78, 5) is 15.6. The molecule has 2 unspecified atom stereocenters. The van der Waals surface area contributed by atoms with Crippen molar-refractivity contribution in [2.75, 3.05) is 40.8 Å². The Bertz CT molecular complexity index is 254. The van der Waals surface area contributed by atoms with E-state index in [1.165, 1.54) is 14.0 Å². The van der Waals surface area contributed by atoms with E-state index < -0.39 is 11.6 Å². The van der Waals surface area contributed by atoms with Crippen LogP contribution >= 0.6 is 0 Å². The molecule has 1 N–H and O–H groups in total. The molecule has 1 aliphatic heterocycles. The monoisotopic (exact) mass is 230 g/mol. The molecule has 0 saturated carbocycles. The minimum atomic E-state index is -1.41. The molecule has 1 rings (SSSR count). The van der Waals surface area contributed by atoms with Crippen LogP contribution in [0.5, 0.6) is 0 Å². The Morgan fingerprint density at radius 1 is 1.62 bits per heavy atom. The molecule has 16 heavy (non-hydrogen) atoms. The van der Waals surface area contributed by atoms with Gasteiger partial charge in [-0.3, -0.25) is 4.90 Å². The molecule has 1 heterocycles. The fourth-order valence-electron chi connectivity index (χ4n) is 2.10. The summed E-state index contributed by atoms with van der Waals surface area (Å²) >= 11 is 0. The van der Waals surface area contributed by atoms with Crippen molar-refractivity contribution in [3.8, 4) is 0 Å². The molecule has 0 radical (unpaired) electrons. The molecule has 0 aromatic rings. The fraction of sp³-hybridized carbons (Fsp3) is 0.909. The zero-order chi connectivity index (χ0) is 12.3. The van der Waals surface area contributed by atoms with E-state index >= 15 is 0 Å². The lowest BCUT2D eigenvalue weighted by atomic mass is 10.1. The summed E-state index contributed by atoms with van der Waals surface area (Å²) in [6, 6.07) is 0.508. The molecule has 0 aliphatic carbocycles. The Kier molecular flexibility index (Phi) is 4.29. The number of likely N-dealkylation sites (tertiary alicyclic amines) is 1. The number of likely N-dealkylation sites (N-methyl/N-ethyl adjacent to an activating group) is 1. The number of carbonyl (C=O) groups excluding carboxylic acids is 1. The summed E-state index contributed by atoms with van der Waals surface area (Å²) in [5.41, 5.74) is -1.41. The van der Waals surface area contributed by atoms with Crippen molar-refractivity contribution >= 4 is 5.97 Å². The minimum absolute atomic E-state index is 0.337. The van der Waals surface area contributed by atoms with Crippen molar-refractivity contribution < 1.29 is 14.6 Å². The van der Waals surface area contributed by atoms with Gasteiger partial charge >= 0.3 is 5.97 Å². The third kappa shape index (κ3) is 3.17. The third-order valence-corrected chi connectivity index (χ3v) is 3.13. The molecule has 5 nitrogen and oxygen atoms in total. The number of hydrogen-bond acceptors (Lipinski definition) is 5. The molecule has 94 valence electrons. The van der Waals surface area contributed by atoms with Gasteiger partial charge in [0, 0.05) is 19.1 Å². The first kappa shape index (κ1) is 13.4. The predicted molar refractivity (Wildman–Crippen MR) is 61.2 cm³/mol. The molecule has 2 atom stereocenters. The van der Waals surface area contributed by atoms with Gasteiger partial charge in [0.05, 0.1) is 7.11 Å². The SMILES string of the molecule is COC(=O)C(C)(O)CN1CCC(N(C)C)C1. The van der Waals surface area contributed by atoms with Crippen molar-refractivity contribution in [2.24, 2.45) is 0 Å². The van der Waals surface area contributed by atoms with Crippen molar-refractivity contribution in [3.63, 3.8) is 0 Å². The Morgan fingerprint density at radius 2 is 2.25 bits per heavy atom. The van der Waals surface area contributed by atoms with Crippen LogP contribution in [-0.4, -0.2) is 73.4 Å². The van der Waals surface area contributed by atoms with Gasteiger partial charge in [-0.2, -0.15) is 0 Å². The van der Waals surface area contributed by atoms with Crippen LogP contribution in [0.25, 0.3) is 0 Å². The molecule has 0 aromatic carbocycles. The third-order valence-electron chi connectivity index (χ3n) is 3.13. The van der Waals surface area contributed by atoms with Crippen LogP contribution in [0.2, 0.25) is 0 Å². The van der Waals surface area contributed by atoms with Crippen LogP contribution in [0, 0.1) is 0 Å². The second kappa shape index (κ2) is 5.12. The van der Waals surface area contributed by atoms with Gasteiger partial charge in [-0.15, -0.1) is 0 Å². The number of carbonyl (C=O) groups is 1. The zero-order valence-corrected chi connectivity index (χ0v) is 10.6. The summed E-state index contributed by atoms with van der Waals surface area (Å²) in [5.74, 6) is -0.569. The number of nitrogens with zero attached hydrogens (tertiary/aromatic N) is 2. The van der Waals surface area contributed by atoms with Crippen molar-refractivity contribution in [2.45, 2.75) is 25.0 Å². The molecule has 0 amide bonds. The molecule has 1 aliphatic rings. The van der Waals surface area contributed by atoms with Gasteiger partial charge in [0.1, 0.15) is 0 Å². The van der Waals surface area contributed by atoms with Gasteiger partial charge in [-0.25, -0.2) is 4.79 Å². The predicted octanol–water partition coefficient (Wildman–Crippen LogP) is -0.454. The van der Waals surface area contributed by atoms with Gasteiger partial charge < -0.3 is 14.7 Å². The van der Waals surface area contributed by atoms with Crippen LogP contribution in [0.3, 0.4) is 0 Å². The number of rotatable bonds is 4. The van der Waals surface area contributed by atoms with Gasteiger partial charge in [0.2, 0.25) is 0 Å². The first-order chi connectivity index (χ1) is 7.36. The number of hydrogen-bond donors (Lipinski definition) is 1. The van der Waals surface area contributed by atoms with E-state index in [9.17, 15) is 9.90 Å². The Balaban J connectivity index is 2.47. The number of esters is 1. The normalized spacial score (nSPS) is 25.8. The molecule has 0 aromatic heterocycles. The molecule has 5 heteroatoms. The van der Waals surface area contributed by atoms with E-state index in [-0.39, 0.29) is 0 Å². The molecular weight excluding hydrogens is 208 g/mol. The van der Waals surface area contributed by atoms with E-state index in [2.05, 4.69) is 14.5 Å². The maximum absolute atomic E-state index is 11.3. The van der Waals surface area contributed by atoms with E-state index in [0.29, 0.717) is 12.6 Å². The van der Waals surface area contributed by atoms with Gasteiger partial charge in [-0.05, 0) is 34.0 Å². The highest BCUT2D eigenvalue weighted by molar-refractivity contribution is 5.78. The van der Waals surface area contributed by atoms with E-state index in [0.717, 1.165) is 19.5 Å². The minimum Gasteiger partial charge on any atom is -0.467 e. The maximum Gasteiger partial charge on any atom is 0.338 e. The van der Waals surface area contributed by atoms with Crippen LogP contribution in [0.4, 0.5) is 0 Å². The quantitative estimate of drug-likeness (QED) is 0.663. The fourth-order valence-corrected chi connectivity index (χ4v) is 2.10. The van der Waals surface area contributed by atoms with Gasteiger partial charge in [0.15, 0.2) is 5.60 Å². The van der Waals surface area contributed by atoms with E-state index in [1.54, 1.807) is 0 Å². The number of aliphatic hydroxyl groups is 1. The van der Waals surface area contributed by atoms with Crippen LogP contribution in [0.1, 0.15) is 13.3 Å². The van der Waals surface area contributed by atoms with Crippen LogP contribution < -0.4 is 0 Å². The lowest BCUT2D eigenvalue weighted by molar-refractivity contribution is -0.162.